The van der Waals surface area contributed by atoms with E-state index in [1.807, 2.05) is 30.3 Å². The maximum Gasteiger partial charge on any atom is 0.255 e. The number of nitrogens with one attached hydrogen (secondary N) is 2. The van der Waals surface area contributed by atoms with Crippen LogP contribution in [0.4, 0.5) is 5.69 Å². The summed E-state index contributed by atoms with van der Waals surface area (Å²) in [5.74, 6) is -0.0754. The van der Waals surface area contributed by atoms with Crippen LogP contribution in [-0.4, -0.2) is 53.4 Å². The number of likely N-dealkylation sites (N-methyl/N-ethyl adjacent to an activating group) is 1. The molecule has 0 bridgehead atoms. The monoisotopic (exact) mass is 390 g/mol. The average molecular weight is 391 g/mol. The second kappa shape index (κ2) is 8.39. The molecule has 0 aliphatic carbocycles. The minimum atomic E-state index is -0.0754. The van der Waals surface area contributed by atoms with Crippen LogP contribution in [0, 0.1) is 13.8 Å². The highest BCUT2D eigenvalue weighted by atomic mass is 16.1. The zero-order chi connectivity index (χ0) is 20.4. The number of piperazine rings is 1. The third kappa shape index (κ3) is 4.36. The maximum atomic E-state index is 12.7. The highest BCUT2D eigenvalue weighted by molar-refractivity contribution is 6.06. The van der Waals surface area contributed by atoms with Gasteiger partial charge < -0.3 is 15.2 Å². The molecule has 0 spiro atoms. The second-order valence-electron chi connectivity index (χ2n) is 8.00. The molecule has 4 rings (SSSR count). The molecule has 5 nitrogen and oxygen atoms in total. The van der Waals surface area contributed by atoms with Gasteiger partial charge in [-0.1, -0.05) is 19.1 Å². The third-order valence-electron chi connectivity index (χ3n) is 6.10. The summed E-state index contributed by atoms with van der Waals surface area (Å²) in [5.41, 5.74) is 6.20. The van der Waals surface area contributed by atoms with Gasteiger partial charge in [-0.3, -0.25) is 9.69 Å². The Hall–Kier alpha value is -2.63. The van der Waals surface area contributed by atoms with Crippen molar-refractivity contribution in [3.63, 3.8) is 0 Å². The van der Waals surface area contributed by atoms with Crippen molar-refractivity contribution in [1.82, 2.24) is 14.8 Å². The number of hydrogen-bond donors (Lipinski definition) is 2. The van der Waals surface area contributed by atoms with Crippen molar-refractivity contribution in [3.8, 4) is 0 Å². The smallest absolute Gasteiger partial charge is 0.255 e. The van der Waals surface area contributed by atoms with Crippen LogP contribution in [-0.2, 0) is 6.54 Å². The topological polar surface area (TPSA) is 51.4 Å². The van der Waals surface area contributed by atoms with E-state index in [1.165, 1.54) is 11.1 Å². The van der Waals surface area contributed by atoms with Crippen molar-refractivity contribution in [2.24, 2.45) is 0 Å². The first-order chi connectivity index (χ1) is 14.0. The molecule has 1 aromatic heterocycles. The summed E-state index contributed by atoms with van der Waals surface area (Å²) in [6.07, 6.45) is 0. The number of aryl methyl sites for hydroxylation is 2. The minimum Gasteiger partial charge on any atom is -0.358 e. The van der Waals surface area contributed by atoms with Crippen molar-refractivity contribution < 1.29 is 4.79 Å². The number of nitrogens with zero attached hydrogens (tertiary/aromatic N) is 2. The molecule has 29 heavy (non-hydrogen) atoms. The number of aromatic amines is 1. The van der Waals surface area contributed by atoms with Crippen molar-refractivity contribution >= 4 is 22.5 Å². The first kappa shape index (κ1) is 19.7. The van der Waals surface area contributed by atoms with E-state index in [2.05, 4.69) is 53.0 Å². The first-order valence-electron chi connectivity index (χ1n) is 10.5. The molecule has 0 radical (unpaired) electrons. The number of anilines is 1. The molecule has 0 saturated carbocycles. The molecular weight excluding hydrogens is 360 g/mol. The highest BCUT2D eigenvalue weighted by Crippen LogP contribution is 2.23. The number of hydrogen-bond acceptors (Lipinski definition) is 3. The molecule has 1 fully saturated rings. The largest absolute Gasteiger partial charge is 0.358 e. The van der Waals surface area contributed by atoms with E-state index < -0.39 is 0 Å². The highest BCUT2D eigenvalue weighted by Gasteiger charge is 2.15. The van der Waals surface area contributed by atoms with Gasteiger partial charge in [0.05, 0.1) is 0 Å². The fraction of sp³-hybridized carbons (Fsp3) is 0.375. The molecule has 1 saturated heterocycles. The molecule has 3 aromatic rings. The van der Waals surface area contributed by atoms with E-state index in [0.29, 0.717) is 5.56 Å². The molecule has 1 aliphatic rings. The summed E-state index contributed by atoms with van der Waals surface area (Å²) in [6.45, 7) is 13.0. The fourth-order valence-electron chi connectivity index (χ4n) is 4.02. The number of amides is 1. The molecule has 1 amide bonds. The van der Waals surface area contributed by atoms with Crippen molar-refractivity contribution in [2.45, 2.75) is 27.3 Å². The van der Waals surface area contributed by atoms with E-state index in [0.717, 1.165) is 61.6 Å². The number of aromatic nitrogens is 1. The Labute approximate surface area is 172 Å². The Morgan fingerprint density at radius 1 is 1.00 bits per heavy atom. The van der Waals surface area contributed by atoms with Gasteiger partial charge in [0.2, 0.25) is 0 Å². The number of benzene rings is 2. The van der Waals surface area contributed by atoms with Crippen LogP contribution in [0.15, 0.2) is 42.5 Å². The zero-order valence-corrected chi connectivity index (χ0v) is 17.6. The van der Waals surface area contributed by atoms with Crippen molar-refractivity contribution in [2.75, 3.05) is 38.0 Å². The number of carbonyl (C=O) groups excluding carboxylic acids is 1. The number of fused-ring (bicyclic) bond motifs is 1. The van der Waals surface area contributed by atoms with E-state index in [1.54, 1.807) is 0 Å². The molecule has 5 heteroatoms. The van der Waals surface area contributed by atoms with Gasteiger partial charge in [-0.05, 0) is 61.9 Å². The van der Waals surface area contributed by atoms with Gasteiger partial charge in [-0.15, -0.1) is 0 Å². The Bertz CT molecular complexity index is 998. The van der Waals surface area contributed by atoms with Crippen molar-refractivity contribution in [1.29, 1.82) is 0 Å². The van der Waals surface area contributed by atoms with Crippen LogP contribution < -0.4 is 5.32 Å². The first-order valence-corrected chi connectivity index (χ1v) is 10.5. The second-order valence-corrected chi connectivity index (χ2v) is 8.00. The molecule has 152 valence electrons. The fourth-order valence-corrected chi connectivity index (χ4v) is 4.02. The lowest BCUT2D eigenvalue weighted by Crippen LogP contribution is -2.45. The lowest BCUT2D eigenvalue weighted by Gasteiger charge is -2.34. The van der Waals surface area contributed by atoms with Gasteiger partial charge in [0.1, 0.15) is 0 Å². The lowest BCUT2D eigenvalue weighted by atomic mass is 10.1. The third-order valence-corrected chi connectivity index (χ3v) is 6.10. The number of carbonyl (C=O) groups is 1. The maximum absolute atomic E-state index is 12.7. The van der Waals surface area contributed by atoms with Gasteiger partial charge in [0.25, 0.3) is 5.91 Å². The standard InChI is InChI=1S/C24H30N4O/c1-4-27-11-13-28(14-12-27)16-19-5-8-21(9-6-19)26-24(29)20-7-10-23-22(15-20)17(2)18(3)25-23/h5-10,15,25H,4,11-14,16H2,1-3H3,(H,26,29). The molecule has 0 atom stereocenters. The summed E-state index contributed by atoms with van der Waals surface area (Å²) in [7, 11) is 0. The summed E-state index contributed by atoms with van der Waals surface area (Å²) in [5, 5.41) is 4.13. The minimum absolute atomic E-state index is 0.0754. The summed E-state index contributed by atoms with van der Waals surface area (Å²) < 4.78 is 0. The Morgan fingerprint density at radius 2 is 1.69 bits per heavy atom. The Balaban J connectivity index is 1.38. The van der Waals surface area contributed by atoms with E-state index in [4.69, 9.17) is 0 Å². The number of H-pyrrole nitrogens is 1. The van der Waals surface area contributed by atoms with Crippen LogP contribution >= 0.6 is 0 Å². The molecule has 2 N–H and O–H groups in total. The normalized spacial score (nSPS) is 15.7. The average Bonchev–Trinajstić information content (AvgIpc) is 3.03. The molecule has 2 aromatic carbocycles. The quantitative estimate of drug-likeness (QED) is 0.687. The molecule has 2 heterocycles. The molecule has 1 aliphatic heterocycles. The predicted molar refractivity (Wildman–Crippen MR) is 120 cm³/mol. The lowest BCUT2D eigenvalue weighted by molar-refractivity contribution is 0.102. The summed E-state index contributed by atoms with van der Waals surface area (Å²) in [6, 6.07) is 14.0. The van der Waals surface area contributed by atoms with Crippen LogP contribution in [0.5, 0.6) is 0 Å². The molecule has 0 unspecified atom stereocenters. The van der Waals surface area contributed by atoms with Gasteiger partial charge in [-0.2, -0.15) is 0 Å². The zero-order valence-electron chi connectivity index (χ0n) is 17.6. The Morgan fingerprint density at radius 3 is 2.38 bits per heavy atom. The van der Waals surface area contributed by atoms with Crippen LogP contribution in [0.25, 0.3) is 10.9 Å². The van der Waals surface area contributed by atoms with Gasteiger partial charge in [-0.25, -0.2) is 0 Å². The van der Waals surface area contributed by atoms with E-state index >= 15 is 0 Å². The SMILES string of the molecule is CCN1CCN(Cc2ccc(NC(=O)c3ccc4[nH]c(C)c(C)c4c3)cc2)CC1. The summed E-state index contributed by atoms with van der Waals surface area (Å²) >= 11 is 0. The van der Waals surface area contributed by atoms with Crippen LogP contribution in [0.2, 0.25) is 0 Å². The summed E-state index contributed by atoms with van der Waals surface area (Å²) in [4.78, 5) is 21.0. The molecular formula is C24H30N4O. The van der Waals surface area contributed by atoms with Crippen LogP contribution in [0.3, 0.4) is 0 Å². The van der Waals surface area contributed by atoms with E-state index in [-0.39, 0.29) is 5.91 Å². The van der Waals surface area contributed by atoms with E-state index in [9.17, 15) is 4.79 Å². The Kier molecular flexibility index (Phi) is 5.69. The van der Waals surface area contributed by atoms with Crippen molar-refractivity contribution in [3.05, 3.63) is 64.8 Å². The predicted octanol–water partition coefficient (Wildman–Crippen LogP) is 4.17. The van der Waals surface area contributed by atoms with Gasteiger partial charge in [0, 0.05) is 60.6 Å². The number of rotatable bonds is 5. The van der Waals surface area contributed by atoms with Gasteiger partial charge in [0.15, 0.2) is 0 Å². The van der Waals surface area contributed by atoms with Gasteiger partial charge >= 0.3 is 0 Å². The van der Waals surface area contributed by atoms with Crippen LogP contribution in [0.1, 0.15) is 34.1 Å².